The number of carbonyl (C=O) groups is 1. The highest BCUT2D eigenvalue weighted by Gasteiger charge is 2.14. The van der Waals surface area contributed by atoms with Crippen LogP contribution in [0.2, 0.25) is 0 Å². The van der Waals surface area contributed by atoms with Crippen molar-refractivity contribution < 1.29 is 27.1 Å². The number of ether oxygens (including phenoxy) is 1. The van der Waals surface area contributed by atoms with Crippen LogP contribution in [0.3, 0.4) is 0 Å². The molecular formula is C13H6F4O2. The maximum absolute atomic E-state index is 13.5. The number of halogens is 4. The largest absolute Gasteiger partial charge is 0.453 e. The zero-order valence-electron chi connectivity index (χ0n) is 9.29. The zero-order valence-corrected chi connectivity index (χ0v) is 9.29. The molecule has 98 valence electrons. The summed E-state index contributed by atoms with van der Waals surface area (Å²) in [5, 5.41) is 0. The van der Waals surface area contributed by atoms with Crippen molar-refractivity contribution in [1.29, 1.82) is 0 Å². The van der Waals surface area contributed by atoms with Crippen molar-refractivity contribution in [3.05, 3.63) is 59.2 Å². The van der Waals surface area contributed by atoms with E-state index < -0.39 is 29.0 Å². The second-order valence-corrected chi connectivity index (χ2v) is 3.60. The van der Waals surface area contributed by atoms with Crippen LogP contribution < -0.4 is 4.74 Å². The van der Waals surface area contributed by atoms with Gasteiger partial charge < -0.3 is 4.74 Å². The van der Waals surface area contributed by atoms with Gasteiger partial charge in [-0.2, -0.15) is 0 Å². The molecule has 0 spiro atoms. The van der Waals surface area contributed by atoms with E-state index in [1.165, 1.54) is 0 Å². The maximum atomic E-state index is 13.5. The maximum Gasteiger partial charge on any atom is 0.173 e. The molecule has 0 fully saturated rings. The Morgan fingerprint density at radius 3 is 2.26 bits per heavy atom. The van der Waals surface area contributed by atoms with Crippen molar-refractivity contribution in [3.8, 4) is 11.5 Å². The number of hydrogen-bond acceptors (Lipinski definition) is 2. The minimum atomic E-state index is -1.19. The molecule has 0 amide bonds. The quantitative estimate of drug-likeness (QED) is 0.625. The highest BCUT2D eigenvalue weighted by atomic mass is 19.2. The number of aldehydes is 1. The third-order valence-corrected chi connectivity index (χ3v) is 2.28. The van der Waals surface area contributed by atoms with E-state index >= 15 is 0 Å². The van der Waals surface area contributed by atoms with Crippen LogP contribution in [0.25, 0.3) is 0 Å². The standard InChI is InChI=1S/C13H6F4O2/c14-8-3-7(6-18)13(12(17)4-8)19-9-1-2-10(15)11(16)5-9/h1-6H. The summed E-state index contributed by atoms with van der Waals surface area (Å²) in [4.78, 5) is 10.7. The molecule has 2 aromatic rings. The van der Waals surface area contributed by atoms with Crippen LogP contribution in [0.4, 0.5) is 17.6 Å². The first kappa shape index (κ1) is 13.1. The van der Waals surface area contributed by atoms with Gasteiger partial charge >= 0.3 is 0 Å². The Hall–Kier alpha value is -2.37. The molecule has 0 atom stereocenters. The van der Waals surface area contributed by atoms with E-state index in [1.54, 1.807) is 0 Å². The van der Waals surface area contributed by atoms with Crippen LogP contribution in [-0.2, 0) is 0 Å². The van der Waals surface area contributed by atoms with Gasteiger partial charge in [-0.25, -0.2) is 17.6 Å². The average molecular weight is 270 g/mol. The van der Waals surface area contributed by atoms with Crippen molar-refractivity contribution in [3.63, 3.8) is 0 Å². The van der Waals surface area contributed by atoms with Gasteiger partial charge in [0.25, 0.3) is 0 Å². The van der Waals surface area contributed by atoms with Crippen LogP contribution in [0.1, 0.15) is 10.4 Å². The summed E-state index contributed by atoms with van der Waals surface area (Å²) in [7, 11) is 0. The predicted octanol–water partition coefficient (Wildman–Crippen LogP) is 3.85. The second-order valence-electron chi connectivity index (χ2n) is 3.60. The lowest BCUT2D eigenvalue weighted by Crippen LogP contribution is -1.97. The van der Waals surface area contributed by atoms with Gasteiger partial charge in [-0.15, -0.1) is 0 Å². The van der Waals surface area contributed by atoms with Gasteiger partial charge in [0.15, 0.2) is 29.5 Å². The second kappa shape index (κ2) is 5.09. The molecule has 0 aliphatic rings. The van der Waals surface area contributed by atoms with E-state index in [4.69, 9.17) is 4.74 Å². The Kier molecular flexibility index (Phi) is 3.50. The van der Waals surface area contributed by atoms with E-state index in [9.17, 15) is 22.4 Å². The van der Waals surface area contributed by atoms with Gasteiger partial charge in [-0.05, 0) is 18.2 Å². The summed E-state index contributed by atoms with van der Waals surface area (Å²) in [5.74, 6) is -5.12. The van der Waals surface area contributed by atoms with Gasteiger partial charge in [0.1, 0.15) is 11.6 Å². The molecule has 6 heteroatoms. The monoisotopic (exact) mass is 270 g/mol. The van der Waals surface area contributed by atoms with Crippen molar-refractivity contribution in [2.24, 2.45) is 0 Å². The van der Waals surface area contributed by atoms with Gasteiger partial charge in [-0.3, -0.25) is 4.79 Å². The summed E-state index contributed by atoms with van der Waals surface area (Å²) >= 11 is 0. The number of carbonyl (C=O) groups excluding carboxylic acids is 1. The lowest BCUT2D eigenvalue weighted by molar-refractivity contribution is 0.112. The molecule has 0 saturated carbocycles. The minimum Gasteiger partial charge on any atom is -0.453 e. The normalized spacial score (nSPS) is 10.3. The van der Waals surface area contributed by atoms with E-state index in [-0.39, 0.29) is 17.6 Å². The molecule has 19 heavy (non-hydrogen) atoms. The van der Waals surface area contributed by atoms with Crippen LogP contribution >= 0.6 is 0 Å². The van der Waals surface area contributed by atoms with Crippen molar-refractivity contribution >= 4 is 6.29 Å². The highest BCUT2D eigenvalue weighted by Crippen LogP contribution is 2.29. The Balaban J connectivity index is 2.42. The molecule has 0 aliphatic heterocycles. The van der Waals surface area contributed by atoms with Gasteiger partial charge in [-0.1, -0.05) is 0 Å². The fourth-order valence-electron chi connectivity index (χ4n) is 1.43. The van der Waals surface area contributed by atoms with Gasteiger partial charge in [0.2, 0.25) is 0 Å². The lowest BCUT2D eigenvalue weighted by Gasteiger charge is -2.09. The molecule has 0 radical (unpaired) electrons. The average Bonchev–Trinajstić information content (AvgIpc) is 2.36. The highest BCUT2D eigenvalue weighted by molar-refractivity contribution is 5.79. The fourth-order valence-corrected chi connectivity index (χ4v) is 1.43. The van der Waals surface area contributed by atoms with Gasteiger partial charge in [0, 0.05) is 12.1 Å². The van der Waals surface area contributed by atoms with Crippen LogP contribution in [-0.4, -0.2) is 6.29 Å². The SMILES string of the molecule is O=Cc1cc(F)cc(F)c1Oc1ccc(F)c(F)c1. The van der Waals surface area contributed by atoms with E-state index in [2.05, 4.69) is 0 Å². The third-order valence-electron chi connectivity index (χ3n) is 2.28. The zero-order chi connectivity index (χ0) is 14.0. The van der Waals surface area contributed by atoms with E-state index in [0.717, 1.165) is 18.2 Å². The number of hydrogen-bond donors (Lipinski definition) is 0. The summed E-state index contributed by atoms with van der Waals surface area (Å²) in [5.41, 5.74) is -0.373. The molecule has 2 aromatic carbocycles. The summed E-state index contributed by atoms with van der Waals surface area (Å²) < 4.78 is 57.0. The smallest absolute Gasteiger partial charge is 0.173 e. The molecule has 0 saturated heterocycles. The molecule has 0 aliphatic carbocycles. The van der Waals surface area contributed by atoms with Crippen LogP contribution in [0.5, 0.6) is 11.5 Å². The first-order chi connectivity index (χ1) is 9.01. The number of rotatable bonds is 3. The first-order valence-corrected chi connectivity index (χ1v) is 5.08. The summed E-state index contributed by atoms with van der Waals surface area (Å²) in [6.45, 7) is 0. The summed E-state index contributed by atoms with van der Waals surface area (Å²) in [6.07, 6.45) is 0.196. The van der Waals surface area contributed by atoms with Crippen molar-refractivity contribution in [2.45, 2.75) is 0 Å². The fraction of sp³-hybridized carbons (Fsp3) is 0. The lowest BCUT2D eigenvalue weighted by atomic mass is 10.2. The van der Waals surface area contributed by atoms with E-state index in [1.807, 2.05) is 0 Å². The van der Waals surface area contributed by atoms with Crippen LogP contribution in [0.15, 0.2) is 30.3 Å². The molecule has 0 aromatic heterocycles. The van der Waals surface area contributed by atoms with Crippen molar-refractivity contribution in [2.75, 3.05) is 0 Å². The minimum absolute atomic E-state index is 0.196. The van der Waals surface area contributed by atoms with E-state index in [0.29, 0.717) is 12.1 Å². The third kappa shape index (κ3) is 2.73. The molecule has 0 bridgehead atoms. The Bertz CT molecular complexity index is 641. The molecule has 0 unspecified atom stereocenters. The Morgan fingerprint density at radius 1 is 0.895 bits per heavy atom. The molecule has 2 nitrogen and oxygen atoms in total. The van der Waals surface area contributed by atoms with Gasteiger partial charge in [0.05, 0.1) is 5.56 Å². The molecule has 0 N–H and O–H groups in total. The molecule has 2 rings (SSSR count). The molecular weight excluding hydrogens is 264 g/mol. The Labute approximate surface area is 105 Å². The molecule has 0 heterocycles. The predicted molar refractivity (Wildman–Crippen MR) is 58.2 cm³/mol. The summed E-state index contributed by atoms with van der Waals surface area (Å²) in [6, 6.07) is 3.81. The topological polar surface area (TPSA) is 26.3 Å². The Morgan fingerprint density at radius 2 is 1.63 bits per heavy atom. The van der Waals surface area contributed by atoms with Crippen molar-refractivity contribution in [1.82, 2.24) is 0 Å². The van der Waals surface area contributed by atoms with Crippen LogP contribution in [0, 0.1) is 23.3 Å². The first-order valence-electron chi connectivity index (χ1n) is 5.08. The number of benzene rings is 2.